The molecule has 1 atom stereocenters. The van der Waals surface area contributed by atoms with Crippen molar-refractivity contribution in [3.05, 3.63) is 22.5 Å². The average Bonchev–Trinajstić information content (AvgIpc) is 2.92. The van der Waals surface area contributed by atoms with Gasteiger partial charge in [0.15, 0.2) is 0 Å². The molecule has 0 amide bonds. The lowest BCUT2D eigenvalue weighted by Gasteiger charge is -2.28. The van der Waals surface area contributed by atoms with Gasteiger partial charge in [0.25, 0.3) is 0 Å². The molecule has 0 aliphatic carbocycles. The Labute approximate surface area is 152 Å². The maximum absolute atomic E-state index is 11.4. The maximum atomic E-state index is 11.4. The second-order valence-electron chi connectivity index (χ2n) is 6.46. The smallest absolute Gasteiger partial charge is 0.352 e. The first kappa shape index (κ1) is 20.4. The largest absolute Gasteiger partial charge is 0.478 e. The van der Waals surface area contributed by atoms with E-state index in [1.807, 2.05) is 0 Å². The van der Waals surface area contributed by atoms with Crippen molar-refractivity contribution in [1.82, 2.24) is 15.2 Å². The van der Waals surface area contributed by atoms with E-state index < -0.39 is 18.0 Å². The second kappa shape index (κ2) is 9.67. The minimum Gasteiger partial charge on any atom is -0.478 e. The van der Waals surface area contributed by atoms with E-state index in [9.17, 15) is 19.8 Å². The van der Waals surface area contributed by atoms with Crippen molar-refractivity contribution >= 4 is 11.9 Å². The molecule has 9 nitrogen and oxygen atoms in total. The molecule has 2 rings (SSSR count). The highest BCUT2D eigenvalue weighted by atomic mass is 16.5. The lowest BCUT2D eigenvalue weighted by atomic mass is 10.1. The van der Waals surface area contributed by atoms with Crippen LogP contribution in [0, 0.1) is 6.92 Å². The summed E-state index contributed by atoms with van der Waals surface area (Å²) in [4.78, 5) is 27.4. The number of hydrogen-bond acceptors (Lipinski definition) is 6. The molecule has 1 aromatic rings. The topological polar surface area (TPSA) is 135 Å². The average molecular weight is 369 g/mol. The van der Waals surface area contributed by atoms with E-state index in [0.29, 0.717) is 51.4 Å². The van der Waals surface area contributed by atoms with Crippen molar-refractivity contribution in [2.24, 2.45) is 0 Å². The number of aliphatic hydroxyl groups excluding tert-OH is 1. The fourth-order valence-electron chi connectivity index (χ4n) is 3.15. The minimum atomic E-state index is -1.17. The van der Waals surface area contributed by atoms with Crippen molar-refractivity contribution in [3.8, 4) is 0 Å². The molecular formula is C17H27N3O6. The van der Waals surface area contributed by atoms with Crippen LogP contribution in [0.25, 0.3) is 0 Å². The molecule has 0 saturated carbocycles. The monoisotopic (exact) mass is 369 g/mol. The number of aryl methyl sites for hydroxylation is 1. The summed E-state index contributed by atoms with van der Waals surface area (Å²) in [5, 5.41) is 31.6. The molecule has 2 heterocycles. The number of carbonyl (C=O) groups is 2. The van der Waals surface area contributed by atoms with Gasteiger partial charge in [0.2, 0.25) is 0 Å². The molecule has 146 valence electrons. The van der Waals surface area contributed by atoms with Crippen molar-refractivity contribution in [1.29, 1.82) is 0 Å². The number of aromatic nitrogens is 1. The van der Waals surface area contributed by atoms with E-state index in [4.69, 9.17) is 9.84 Å². The minimum absolute atomic E-state index is 0.0368. The highest BCUT2D eigenvalue weighted by Gasteiger charge is 2.22. The Balaban J connectivity index is 1.74. The van der Waals surface area contributed by atoms with Crippen LogP contribution in [-0.2, 0) is 11.2 Å². The van der Waals surface area contributed by atoms with E-state index in [1.165, 1.54) is 6.92 Å². The molecule has 0 bridgehead atoms. The quantitative estimate of drug-likeness (QED) is 0.362. The van der Waals surface area contributed by atoms with Gasteiger partial charge in [0, 0.05) is 31.9 Å². The third-order valence-electron chi connectivity index (χ3n) is 4.49. The Morgan fingerprint density at radius 1 is 1.27 bits per heavy atom. The zero-order chi connectivity index (χ0) is 19.1. The third-order valence-corrected chi connectivity index (χ3v) is 4.49. The van der Waals surface area contributed by atoms with Gasteiger partial charge in [0.05, 0.1) is 24.9 Å². The number of rotatable bonds is 10. The SMILES string of the molecule is Cc1c(C(=O)O)[nH]c(CCCNCC(O)CN2CCOCC2)c1C(=O)O. The van der Waals surface area contributed by atoms with E-state index in [2.05, 4.69) is 15.2 Å². The fourth-order valence-corrected chi connectivity index (χ4v) is 3.15. The zero-order valence-electron chi connectivity index (χ0n) is 15.0. The van der Waals surface area contributed by atoms with E-state index in [1.54, 1.807) is 0 Å². The standard InChI is InChI=1S/C17H27N3O6/c1-11-14(16(22)23)13(19-15(11)17(24)25)3-2-4-18-9-12(21)10-20-5-7-26-8-6-20/h12,18-19,21H,2-10H2,1H3,(H,22,23)(H,24,25). The number of morpholine rings is 1. The zero-order valence-corrected chi connectivity index (χ0v) is 15.0. The lowest BCUT2D eigenvalue weighted by molar-refractivity contribution is 0.0149. The number of carboxylic acids is 2. The molecular weight excluding hydrogens is 342 g/mol. The lowest BCUT2D eigenvalue weighted by Crippen LogP contribution is -2.43. The highest BCUT2D eigenvalue weighted by molar-refractivity contribution is 5.97. The molecule has 5 N–H and O–H groups in total. The second-order valence-corrected chi connectivity index (χ2v) is 6.46. The molecule has 1 saturated heterocycles. The Morgan fingerprint density at radius 2 is 1.96 bits per heavy atom. The predicted molar refractivity (Wildman–Crippen MR) is 93.9 cm³/mol. The first-order chi connectivity index (χ1) is 12.4. The van der Waals surface area contributed by atoms with Gasteiger partial charge in [-0.3, -0.25) is 4.90 Å². The number of carboxylic acid groups (broad SMARTS) is 2. The van der Waals surface area contributed by atoms with Gasteiger partial charge in [-0.2, -0.15) is 0 Å². The highest BCUT2D eigenvalue weighted by Crippen LogP contribution is 2.20. The summed E-state index contributed by atoms with van der Waals surface area (Å²) >= 11 is 0. The third kappa shape index (κ3) is 5.53. The maximum Gasteiger partial charge on any atom is 0.352 e. The molecule has 0 aromatic carbocycles. The summed E-state index contributed by atoms with van der Waals surface area (Å²) in [5.41, 5.74) is 0.623. The number of H-pyrrole nitrogens is 1. The van der Waals surface area contributed by atoms with Crippen molar-refractivity contribution in [3.63, 3.8) is 0 Å². The molecule has 9 heteroatoms. The summed E-state index contributed by atoms with van der Waals surface area (Å²) < 4.78 is 5.27. The molecule has 1 aromatic heterocycles. The summed E-state index contributed by atoms with van der Waals surface area (Å²) in [6.45, 7) is 6.18. The number of aliphatic hydroxyl groups is 1. The number of hydrogen-bond donors (Lipinski definition) is 5. The molecule has 0 radical (unpaired) electrons. The normalized spacial score (nSPS) is 16.5. The number of nitrogens with zero attached hydrogens (tertiary/aromatic N) is 1. The van der Waals surface area contributed by atoms with Gasteiger partial charge in [-0.25, -0.2) is 9.59 Å². The summed E-state index contributed by atoms with van der Waals surface area (Å²) in [6.07, 6.45) is 0.570. The van der Waals surface area contributed by atoms with Gasteiger partial charge in [0.1, 0.15) is 5.69 Å². The molecule has 0 spiro atoms. The Kier molecular flexibility index (Phi) is 7.58. The van der Waals surface area contributed by atoms with Crippen LogP contribution in [0.5, 0.6) is 0 Å². The van der Waals surface area contributed by atoms with Gasteiger partial charge < -0.3 is 30.4 Å². The van der Waals surface area contributed by atoms with Crippen LogP contribution >= 0.6 is 0 Å². The van der Waals surface area contributed by atoms with Crippen molar-refractivity contribution in [2.75, 3.05) is 45.9 Å². The number of nitrogens with one attached hydrogen (secondary N) is 2. The molecule has 1 fully saturated rings. The van der Waals surface area contributed by atoms with E-state index >= 15 is 0 Å². The van der Waals surface area contributed by atoms with Crippen LogP contribution in [0.2, 0.25) is 0 Å². The number of ether oxygens (including phenoxy) is 1. The van der Waals surface area contributed by atoms with Crippen LogP contribution in [0.3, 0.4) is 0 Å². The molecule has 1 aliphatic heterocycles. The first-order valence-corrected chi connectivity index (χ1v) is 8.77. The van der Waals surface area contributed by atoms with Gasteiger partial charge in [-0.1, -0.05) is 0 Å². The predicted octanol–water partition coefficient (Wildman–Crippen LogP) is -0.0652. The van der Waals surface area contributed by atoms with Crippen LogP contribution in [-0.4, -0.2) is 89.2 Å². The molecule has 26 heavy (non-hydrogen) atoms. The van der Waals surface area contributed by atoms with Crippen molar-refractivity contribution < 1.29 is 29.6 Å². The van der Waals surface area contributed by atoms with E-state index in [0.717, 1.165) is 13.1 Å². The fraction of sp³-hybridized carbons (Fsp3) is 0.647. The Morgan fingerprint density at radius 3 is 2.58 bits per heavy atom. The van der Waals surface area contributed by atoms with Gasteiger partial charge in [-0.15, -0.1) is 0 Å². The number of aromatic amines is 1. The van der Waals surface area contributed by atoms with Gasteiger partial charge >= 0.3 is 11.9 Å². The number of β-amino-alcohol motifs (C(OH)–C–C–N with tert-alkyl or cyclic N) is 1. The van der Waals surface area contributed by atoms with Crippen LogP contribution in [0.1, 0.15) is 38.5 Å². The van der Waals surface area contributed by atoms with Crippen LogP contribution < -0.4 is 5.32 Å². The van der Waals surface area contributed by atoms with E-state index in [-0.39, 0.29) is 16.8 Å². The van der Waals surface area contributed by atoms with Gasteiger partial charge in [-0.05, 0) is 31.9 Å². The molecule has 1 unspecified atom stereocenters. The summed E-state index contributed by atoms with van der Waals surface area (Å²) in [6, 6.07) is 0. The van der Waals surface area contributed by atoms with Crippen molar-refractivity contribution in [2.45, 2.75) is 25.9 Å². The summed E-state index contributed by atoms with van der Waals surface area (Å²) in [7, 11) is 0. The van der Waals surface area contributed by atoms with Crippen LogP contribution in [0.4, 0.5) is 0 Å². The first-order valence-electron chi connectivity index (χ1n) is 8.77. The number of aromatic carboxylic acids is 2. The molecule has 1 aliphatic rings. The Bertz CT molecular complexity index is 624. The summed E-state index contributed by atoms with van der Waals surface area (Å²) in [5.74, 6) is -2.30. The van der Waals surface area contributed by atoms with Crippen LogP contribution in [0.15, 0.2) is 0 Å². The Hall–Kier alpha value is -1.94.